The van der Waals surface area contributed by atoms with Gasteiger partial charge in [0.1, 0.15) is 10.6 Å². The number of carbonyl (C=O) groups excluding carboxylic acids is 1. The zero-order valence-electron chi connectivity index (χ0n) is 14.9. The van der Waals surface area contributed by atoms with E-state index in [0.717, 1.165) is 37.5 Å². The molecule has 0 saturated carbocycles. The second-order valence-electron chi connectivity index (χ2n) is 7.35. The van der Waals surface area contributed by atoms with Crippen LogP contribution in [0.4, 0.5) is 4.79 Å². The highest BCUT2D eigenvalue weighted by Gasteiger charge is 2.27. The number of thiazole rings is 1. The minimum atomic E-state index is -0.420. The molecule has 0 bridgehead atoms. The van der Waals surface area contributed by atoms with Crippen molar-refractivity contribution in [1.29, 1.82) is 0 Å². The zero-order valence-corrected chi connectivity index (χ0v) is 15.7. The molecule has 1 unspecified atom stereocenters. The van der Waals surface area contributed by atoms with Gasteiger partial charge in [-0.3, -0.25) is 0 Å². The van der Waals surface area contributed by atoms with Gasteiger partial charge in [0.05, 0.1) is 6.04 Å². The fraction of sp³-hybridized carbons (Fsp3) is 0.765. The predicted octanol–water partition coefficient (Wildman–Crippen LogP) is 3.75. The van der Waals surface area contributed by atoms with Crippen LogP contribution in [0.2, 0.25) is 0 Å². The molecule has 1 aliphatic rings. The third-order valence-electron chi connectivity index (χ3n) is 3.99. The molecule has 6 heteroatoms. The van der Waals surface area contributed by atoms with E-state index < -0.39 is 5.60 Å². The second kappa shape index (κ2) is 7.62. The lowest BCUT2D eigenvalue weighted by atomic mass is 9.97. The number of nitrogens with one attached hydrogen (secondary N) is 1. The lowest BCUT2D eigenvalue weighted by Gasteiger charge is -2.33. The molecule has 2 heterocycles. The summed E-state index contributed by atoms with van der Waals surface area (Å²) in [5.74, 6) is 0.609. The molecule has 0 aliphatic carbocycles. The molecule has 130 valence electrons. The van der Waals surface area contributed by atoms with E-state index in [1.807, 2.05) is 31.9 Å². The number of ether oxygens (including phenoxy) is 1. The largest absolute Gasteiger partial charge is 0.444 e. The van der Waals surface area contributed by atoms with Gasteiger partial charge in [-0.15, -0.1) is 11.3 Å². The maximum absolute atomic E-state index is 12.1. The minimum absolute atomic E-state index is 0.185. The molecule has 23 heavy (non-hydrogen) atoms. The number of likely N-dealkylation sites (tertiary alicyclic amines) is 1. The number of carbonyl (C=O) groups is 1. The fourth-order valence-corrected chi connectivity index (χ4v) is 3.45. The highest BCUT2D eigenvalue weighted by atomic mass is 32.1. The Hall–Kier alpha value is -1.14. The summed E-state index contributed by atoms with van der Waals surface area (Å²) in [6.07, 6.45) is 3.79. The maximum Gasteiger partial charge on any atom is 0.410 e. The third kappa shape index (κ3) is 5.77. The molecule has 0 aromatic carbocycles. The molecule has 1 atom stereocenters. The quantitative estimate of drug-likeness (QED) is 0.908. The van der Waals surface area contributed by atoms with Crippen molar-refractivity contribution >= 4 is 17.4 Å². The van der Waals surface area contributed by atoms with E-state index in [0.29, 0.717) is 5.92 Å². The molecule has 1 aromatic heterocycles. The Morgan fingerprint density at radius 3 is 2.65 bits per heavy atom. The summed E-state index contributed by atoms with van der Waals surface area (Å²) in [5.41, 5.74) is -0.420. The van der Waals surface area contributed by atoms with Crippen molar-refractivity contribution < 1.29 is 9.53 Å². The third-order valence-corrected chi connectivity index (χ3v) is 5.08. The summed E-state index contributed by atoms with van der Waals surface area (Å²) < 4.78 is 5.44. The van der Waals surface area contributed by atoms with Crippen LogP contribution in [0.15, 0.2) is 6.20 Å². The van der Waals surface area contributed by atoms with Gasteiger partial charge in [0.2, 0.25) is 0 Å². The number of hydrogen-bond donors (Lipinski definition) is 1. The molecule has 2 rings (SSSR count). The van der Waals surface area contributed by atoms with Crippen LogP contribution in [0.25, 0.3) is 0 Å². The first-order valence-corrected chi connectivity index (χ1v) is 9.20. The molecule has 0 radical (unpaired) electrons. The van der Waals surface area contributed by atoms with Crippen molar-refractivity contribution in [2.24, 2.45) is 5.92 Å². The Morgan fingerprint density at radius 2 is 2.13 bits per heavy atom. The average molecular weight is 340 g/mol. The summed E-state index contributed by atoms with van der Waals surface area (Å²) >= 11 is 1.75. The summed E-state index contributed by atoms with van der Waals surface area (Å²) in [6.45, 7) is 12.5. The number of nitrogens with zero attached hydrogens (tertiary/aromatic N) is 2. The molecular formula is C17H29N3O2S. The summed E-state index contributed by atoms with van der Waals surface area (Å²) in [4.78, 5) is 19.6. The summed E-state index contributed by atoms with van der Waals surface area (Å²) in [6, 6.07) is 0.289. The smallest absolute Gasteiger partial charge is 0.410 e. The van der Waals surface area contributed by atoms with Crippen LogP contribution >= 0.6 is 11.3 Å². The van der Waals surface area contributed by atoms with E-state index in [2.05, 4.69) is 24.1 Å². The Labute approximate surface area is 143 Å². The first-order valence-electron chi connectivity index (χ1n) is 8.38. The van der Waals surface area contributed by atoms with E-state index in [1.54, 1.807) is 11.3 Å². The van der Waals surface area contributed by atoms with Crippen LogP contribution in [-0.4, -0.2) is 41.2 Å². The van der Waals surface area contributed by atoms with Gasteiger partial charge < -0.3 is 15.0 Å². The van der Waals surface area contributed by atoms with Crippen molar-refractivity contribution in [3.63, 3.8) is 0 Å². The molecule has 5 nitrogen and oxygen atoms in total. The van der Waals surface area contributed by atoms with Crippen molar-refractivity contribution in [2.45, 2.75) is 59.1 Å². The Bertz CT molecular complexity index is 516. The van der Waals surface area contributed by atoms with Crippen LogP contribution < -0.4 is 5.32 Å². The van der Waals surface area contributed by atoms with Crippen LogP contribution in [0.3, 0.4) is 0 Å². The van der Waals surface area contributed by atoms with Crippen molar-refractivity contribution in [3.8, 4) is 0 Å². The maximum atomic E-state index is 12.1. The van der Waals surface area contributed by atoms with Gasteiger partial charge in [-0.05, 0) is 59.9 Å². The highest BCUT2D eigenvalue weighted by Crippen LogP contribution is 2.22. The first-order chi connectivity index (χ1) is 10.7. The molecule has 1 N–H and O–H groups in total. The van der Waals surface area contributed by atoms with E-state index in [-0.39, 0.29) is 12.1 Å². The van der Waals surface area contributed by atoms with Crippen molar-refractivity contribution in [1.82, 2.24) is 15.2 Å². The van der Waals surface area contributed by atoms with Crippen LogP contribution in [-0.2, 0) is 4.74 Å². The molecule has 0 spiro atoms. The van der Waals surface area contributed by atoms with Crippen molar-refractivity contribution in [3.05, 3.63) is 16.1 Å². The van der Waals surface area contributed by atoms with Crippen molar-refractivity contribution in [2.75, 3.05) is 19.6 Å². The fourth-order valence-electron chi connectivity index (χ4n) is 2.65. The monoisotopic (exact) mass is 339 g/mol. The Kier molecular flexibility index (Phi) is 6.03. The number of amides is 1. The summed E-state index contributed by atoms with van der Waals surface area (Å²) in [7, 11) is 0. The van der Waals surface area contributed by atoms with Gasteiger partial charge >= 0.3 is 6.09 Å². The molecule has 1 amide bonds. The number of hydrogen-bond acceptors (Lipinski definition) is 5. The SMILES string of the molecule is Cc1cnc(C(C)NCC2CCN(C(=O)OC(C)(C)C)CC2)s1. The van der Waals surface area contributed by atoms with Gasteiger partial charge in [-0.1, -0.05) is 0 Å². The number of aryl methyl sites for hydroxylation is 1. The standard InChI is InChI=1S/C17H29N3O2S/c1-12-10-19-15(23-12)13(2)18-11-14-6-8-20(9-7-14)16(21)22-17(3,4)5/h10,13-14,18H,6-9,11H2,1-5H3. The van der Waals surface area contributed by atoms with Gasteiger partial charge in [0.25, 0.3) is 0 Å². The summed E-state index contributed by atoms with van der Waals surface area (Å²) in [5, 5.41) is 4.72. The Morgan fingerprint density at radius 1 is 1.48 bits per heavy atom. The van der Waals surface area contributed by atoms with Gasteiger partial charge in [-0.25, -0.2) is 9.78 Å². The van der Waals surface area contributed by atoms with Gasteiger partial charge in [-0.2, -0.15) is 0 Å². The molecule has 1 fully saturated rings. The normalized spacial score (nSPS) is 18.0. The molecule has 1 aromatic rings. The van der Waals surface area contributed by atoms with Crippen LogP contribution in [0.5, 0.6) is 0 Å². The second-order valence-corrected chi connectivity index (χ2v) is 8.62. The predicted molar refractivity (Wildman–Crippen MR) is 93.8 cm³/mol. The van der Waals surface area contributed by atoms with E-state index in [4.69, 9.17) is 4.74 Å². The lowest BCUT2D eigenvalue weighted by molar-refractivity contribution is 0.0183. The molecule has 1 aliphatic heterocycles. The number of rotatable bonds is 4. The van der Waals surface area contributed by atoms with E-state index in [9.17, 15) is 4.79 Å². The number of aromatic nitrogens is 1. The van der Waals surface area contributed by atoms with E-state index in [1.165, 1.54) is 4.88 Å². The molecular weight excluding hydrogens is 310 g/mol. The zero-order chi connectivity index (χ0) is 17.0. The minimum Gasteiger partial charge on any atom is -0.444 e. The topological polar surface area (TPSA) is 54.5 Å². The highest BCUT2D eigenvalue weighted by molar-refractivity contribution is 7.11. The lowest BCUT2D eigenvalue weighted by Crippen LogP contribution is -2.43. The van der Waals surface area contributed by atoms with E-state index >= 15 is 0 Å². The molecule has 1 saturated heterocycles. The first kappa shape index (κ1) is 18.2. The average Bonchev–Trinajstić information content (AvgIpc) is 2.90. The van der Waals surface area contributed by atoms with Crippen LogP contribution in [0.1, 0.15) is 56.5 Å². The number of piperidine rings is 1. The van der Waals surface area contributed by atoms with Gasteiger partial charge in [0, 0.05) is 24.2 Å². The van der Waals surface area contributed by atoms with Gasteiger partial charge in [0.15, 0.2) is 0 Å². The Balaban J connectivity index is 1.71. The van der Waals surface area contributed by atoms with Crippen LogP contribution in [0, 0.1) is 12.8 Å².